The van der Waals surface area contributed by atoms with Gasteiger partial charge in [-0.25, -0.2) is 4.79 Å². The molecule has 0 aliphatic rings. The molecule has 0 fully saturated rings. The van der Waals surface area contributed by atoms with Gasteiger partial charge in [-0.3, -0.25) is 0 Å². The first-order valence-corrected chi connectivity index (χ1v) is 6.81. The number of carbonyl (C=O) groups is 1. The Bertz CT molecular complexity index is 447. The average molecular weight is 280 g/mol. The maximum absolute atomic E-state index is 11.7. The number of nitrogen functional groups attached to an aromatic ring is 1. The van der Waals surface area contributed by atoms with Crippen molar-refractivity contribution in [3.05, 3.63) is 23.8 Å². The van der Waals surface area contributed by atoms with Gasteiger partial charge in [0.2, 0.25) is 0 Å². The lowest BCUT2D eigenvalue weighted by Gasteiger charge is -2.23. The van der Waals surface area contributed by atoms with Gasteiger partial charge in [0.1, 0.15) is 0 Å². The van der Waals surface area contributed by atoms with E-state index in [4.69, 9.17) is 15.2 Å². The molecule has 0 amide bonds. The van der Waals surface area contributed by atoms with Gasteiger partial charge in [-0.15, -0.1) is 0 Å². The Balaban J connectivity index is 2.93. The van der Waals surface area contributed by atoms with Gasteiger partial charge in [0.25, 0.3) is 0 Å². The Hall–Kier alpha value is -1.75. The molecule has 112 valence electrons. The second-order valence-electron chi connectivity index (χ2n) is 4.97. The Morgan fingerprint density at radius 3 is 2.65 bits per heavy atom. The number of ether oxygens (including phenoxy) is 2. The van der Waals surface area contributed by atoms with Crippen molar-refractivity contribution in [1.29, 1.82) is 0 Å². The summed E-state index contributed by atoms with van der Waals surface area (Å²) in [4.78, 5) is 11.7. The predicted octanol–water partition coefficient (Wildman–Crippen LogP) is 2.53. The number of hydrogen-bond acceptors (Lipinski definition) is 5. The predicted molar refractivity (Wildman–Crippen MR) is 80.9 cm³/mol. The summed E-state index contributed by atoms with van der Waals surface area (Å²) in [5.74, 6) is 0.0315. The molecule has 0 bridgehead atoms. The molecular weight excluding hydrogens is 256 g/mol. The molecule has 5 nitrogen and oxygen atoms in total. The lowest BCUT2D eigenvalue weighted by atomic mass is 10.0. The van der Waals surface area contributed by atoms with Crippen LogP contribution in [0.4, 0.5) is 11.4 Å². The molecule has 5 heteroatoms. The van der Waals surface area contributed by atoms with E-state index in [9.17, 15) is 4.79 Å². The zero-order valence-corrected chi connectivity index (χ0v) is 12.6. The molecule has 1 rings (SSSR count). The maximum Gasteiger partial charge on any atom is 0.338 e. The lowest BCUT2D eigenvalue weighted by molar-refractivity contribution is 0.0526. The number of nitrogens with two attached hydrogens (primary N) is 1. The summed E-state index contributed by atoms with van der Waals surface area (Å²) in [6, 6.07) is 5.22. The zero-order chi connectivity index (χ0) is 15.1. The largest absolute Gasteiger partial charge is 0.462 e. The number of esters is 1. The molecule has 1 unspecified atom stereocenters. The fraction of sp³-hybridized carbons (Fsp3) is 0.533. The topological polar surface area (TPSA) is 73.6 Å². The number of anilines is 2. The molecule has 1 aromatic carbocycles. The summed E-state index contributed by atoms with van der Waals surface area (Å²) >= 11 is 0. The normalized spacial score (nSPS) is 12.2. The monoisotopic (exact) mass is 280 g/mol. The van der Waals surface area contributed by atoms with Gasteiger partial charge in [-0.05, 0) is 31.0 Å². The van der Waals surface area contributed by atoms with Gasteiger partial charge in [-0.1, -0.05) is 13.8 Å². The van der Waals surface area contributed by atoms with Crippen LogP contribution in [-0.4, -0.2) is 32.3 Å². The van der Waals surface area contributed by atoms with Gasteiger partial charge < -0.3 is 20.5 Å². The molecule has 20 heavy (non-hydrogen) atoms. The molecule has 0 heterocycles. The molecule has 0 saturated carbocycles. The van der Waals surface area contributed by atoms with Crippen LogP contribution in [0.15, 0.2) is 18.2 Å². The molecule has 1 aromatic rings. The van der Waals surface area contributed by atoms with Crippen LogP contribution < -0.4 is 11.1 Å². The van der Waals surface area contributed by atoms with Crippen LogP contribution in [0.25, 0.3) is 0 Å². The first-order valence-electron chi connectivity index (χ1n) is 6.81. The summed E-state index contributed by atoms with van der Waals surface area (Å²) < 4.78 is 10.2. The molecule has 0 saturated heterocycles. The number of nitrogens with one attached hydrogen (secondary N) is 1. The van der Waals surface area contributed by atoms with Crippen LogP contribution >= 0.6 is 0 Å². The SMILES string of the molecule is CCOC(=O)c1ccc(N)c(NC(COC)C(C)C)c1. The van der Waals surface area contributed by atoms with E-state index in [1.165, 1.54) is 0 Å². The van der Waals surface area contributed by atoms with E-state index >= 15 is 0 Å². The molecule has 0 aliphatic heterocycles. The minimum absolute atomic E-state index is 0.125. The molecule has 0 aliphatic carbocycles. The Labute approximate surface area is 120 Å². The highest BCUT2D eigenvalue weighted by atomic mass is 16.5. The molecule has 1 atom stereocenters. The van der Waals surface area contributed by atoms with E-state index in [1.54, 1.807) is 32.2 Å². The first-order chi connectivity index (χ1) is 9.49. The number of benzene rings is 1. The van der Waals surface area contributed by atoms with E-state index in [2.05, 4.69) is 19.2 Å². The van der Waals surface area contributed by atoms with Crippen LogP contribution in [0.1, 0.15) is 31.1 Å². The molecule has 0 aromatic heterocycles. The minimum atomic E-state index is -0.344. The lowest BCUT2D eigenvalue weighted by Crippen LogP contribution is -2.30. The summed E-state index contributed by atoms with van der Waals surface area (Å²) in [6.07, 6.45) is 0. The highest BCUT2D eigenvalue weighted by molar-refractivity contribution is 5.92. The first kappa shape index (κ1) is 16.3. The standard InChI is InChI=1S/C15H24N2O3/c1-5-20-15(18)11-6-7-12(16)13(8-11)17-14(9-19-4)10(2)3/h6-8,10,14,17H,5,9,16H2,1-4H3. The number of carbonyl (C=O) groups excluding carboxylic acids is 1. The van der Waals surface area contributed by atoms with E-state index in [-0.39, 0.29) is 12.0 Å². The zero-order valence-electron chi connectivity index (χ0n) is 12.6. The van der Waals surface area contributed by atoms with Gasteiger partial charge in [0.05, 0.1) is 36.2 Å². The van der Waals surface area contributed by atoms with Gasteiger partial charge in [-0.2, -0.15) is 0 Å². The summed E-state index contributed by atoms with van der Waals surface area (Å²) in [6.45, 7) is 6.90. The number of hydrogen-bond donors (Lipinski definition) is 2. The van der Waals surface area contributed by atoms with Crippen molar-refractivity contribution in [2.45, 2.75) is 26.8 Å². The van der Waals surface area contributed by atoms with Crippen molar-refractivity contribution in [2.24, 2.45) is 5.92 Å². The second kappa shape index (κ2) is 7.75. The van der Waals surface area contributed by atoms with Crippen molar-refractivity contribution in [3.8, 4) is 0 Å². The van der Waals surface area contributed by atoms with Crippen molar-refractivity contribution >= 4 is 17.3 Å². The Kier molecular flexibility index (Phi) is 6.31. The van der Waals surface area contributed by atoms with Gasteiger partial charge in [0.15, 0.2) is 0 Å². The van der Waals surface area contributed by atoms with E-state index in [1.807, 2.05) is 0 Å². The highest BCUT2D eigenvalue weighted by Gasteiger charge is 2.16. The summed E-state index contributed by atoms with van der Waals surface area (Å²) in [5.41, 5.74) is 7.77. The van der Waals surface area contributed by atoms with Crippen LogP contribution in [0.2, 0.25) is 0 Å². The molecule has 0 radical (unpaired) electrons. The van der Waals surface area contributed by atoms with Gasteiger partial charge >= 0.3 is 5.97 Å². The third-order valence-corrected chi connectivity index (χ3v) is 3.06. The second-order valence-corrected chi connectivity index (χ2v) is 4.97. The Morgan fingerprint density at radius 1 is 1.40 bits per heavy atom. The third-order valence-electron chi connectivity index (χ3n) is 3.06. The Morgan fingerprint density at radius 2 is 2.10 bits per heavy atom. The number of rotatable bonds is 7. The third kappa shape index (κ3) is 4.42. The number of methoxy groups -OCH3 is 1. The molecule has 3 N–H and O–H groups in total. The van der Waals surface area contributed by atoms with Crippen molar-refractivity contribution < 1.29 is 14.3 Å². The molecule has 0 spiro atoms. The van der Waals surface area contributed by atoms with E-state index < -0.39 is 0 Å². The van der Waals surface area contributed by atoms with Crippen LogP contribution in [-0.2, 0) is 9.47 Å². The average Bonchev–Trinajstić information content (AvgIpc) is 2.40. The van der Waals surface area contributed by atoms with Crippen LogP contribution in [0.3, 0.4) is 0 Å². The smallest absolute Gasteiger partial charge is 0.338 e. The van der Waals surface area contributed by atoms with Crippen molar-refractivity contribution in [2.75, 3.05) is 31.4 Å². The maximum atomic E-state index is 11.7. The van der Waals surface area contributed by atoms with Crippen LogP contribution in [0, 0.1) is 5.92 Å². The van der Waals surface area contributed by atoms with Crippen molar-refractivity contribution in [3.63, 3.8) is 0 Å². The minimum Gasteiger partial charge on any atom is -0.462 e. The summed E-state index contributed by atoms with van der Waals surface area (Å²) in [5, 5.41) is 3.33. The van der Waals surface area contributed by atoms with E-state index in [0.717, 1.165) is 5.69 Å². The highest BCUT2D eigenvalue weighted by Crippen LogP contribution is 2.23. The van der Waals surface area contributed by atoms with E-state index in [0.29, 0.717) is 30.4 Å². The van der Waals surface area contributed by atoms with Gasteiger partial charge in [0, 0.05) is 7.11 Å². The fourth-order valence-corrected chi connectivity index (χ4v) is 1.80. The summed E-state index contributed by atoms with van der Waals surface area (Å²) in [7, 11) is 1.66. The van der Waals surface area contributed by atoms with Crippen molar-refractivity contribution in [1.82, 2.24) is 0 Å². The van der Waals surface area contributed by atoms with Crippen LogP contribution in [0.5, 0.6) is 0 Å². The molecular formula is C15H24N2O3. The fourth-order valence-electron chi connectivity index (χ4n) is 1.80. The quantitative estimate of drug-likeness (QED) is 0.593.